The van der Waals surface area contributed by atoms with Crippen LogP contribution in [-0.2, 0) is 10.0 Å². The van der Waals surface area contributed by atoms with E-state index in [1.165, 1.54) is 12.1 Å². The summed E-state index contributed by atoms with van der Waals surface area (Å²) in [6, 6.07) is 3.89. The Hall–Kier alpha value is -1.18. The third-order valence-corrected chi connectivity index (χ3v) is 4.47. The summed E-state index contributed by atoms with van der Waals surface area (Å²) in [4.78, 5) is 10.9. The largest absolute Gasteiger partial charge is 0.478 e. The Balaban J connectivity index is 2.95. The van der Waals surface area contributed by atoms with Crippen LogP contribution < -0.4 is 4.72 Å². The molecular weight excluding hydrogens is 334 g/mol. The van der Waals surface area contributed by atoms with Crippen LogP contribution in [0.3, 0.4) is 0 Å². The number of allylic oxidation sites excluding steroid dienone is 1. The molecule has 0 saturated carbocycles. The van der Waals surface area contributed by atoms with Crippen molar-refractivity contribution in [3.05, 3.63) is 40.4 Å². The first-order valence-corrected chi connectivity index (χ1v) is 7.79. The molecule has 0 aliphatic heterocycles. The fourth-order valence-corrected chi connectivity index (χ4v) is 2.85. The SMILES string of the molecule is C/C=C/CCNS(=O)(=O)c1ccc(Br)c(C(=O)O)c1. The van der Waals surface area contributed by atoms with Gasteiger partial charge in [-0.25, -0.2) is 17.9 Å². The molecule has 0 atom stereocenters. The van der Waals surface area contributed by atoms with E-state index < -0.39 is 16.0 Å². The summed E-state index contributed by atoms with van der Waals surface area (Å²) in [7, 11) is -3.68. The molecule has 0 aliphatic rings. The van der Waals surface area contributed by atoms with Crippen molar-refractivity contribution < 1.29 is 18.3 Å². The maximum atomic E-state index is 11.9. The number of carboxylic acid groups (broad SMARTS) is 1. The van der Waals surface area contributed by atoms with E-state index in [1.807, 2.05) is 19.1 Å². The second kappa shape index (κ2) is 6.83. The van der Waals surface area contributed by atoms with Gasteiger partial charge in [-0.3, -0.25) is 0 Å². The van der Waals surface area contributed by atoms with E-state index in [0.29, 0.717) is 10.9 Å². The Kier molecular flexibility index (Phi) is 5.71. The zero-order chi connectivity index (χ0) is 14.5. The van der Waals surface area contributed by atoms with Gasteiger partial charge in [-0.1, -0.05) is 12.2 Å². The number of carbonyl (C=O) groups is 1. The highest BCUT2D eigenvalue weighted by Gasteiger charge is 2.17. The predicted molar refractivity (Wildman–Crippen MR) is 75.7 cm³/mol. The van der Waals surface area contributed by atoms with Crippen molar-refractivity contribution in [3.63, 3.8) is 0 Å². The van der Waals surface area contributed by atoms with E-state index in [1.54, 1.807) is 0 Å². The normalized spacial score (nSPS) is 11.9. The molecule has 0 aromatic heterocycles. The minimum absolute atomic E-state index is 0.0615. The first kappa shape index (κ1) is 15.9. The zero-order valence-electron chi connectivity index (χ0n) is 10.3. The quantitative estimate of drug-likeness (QED) is 0.611. The van der Waals surface area contributed by atoms with Gasteiger partial charge >= 0.3 is 5.97 Å². The van der Waals surface area contributed by atoms with Gasteiger partial charge in [-0.15, -0.1) is 0 Å². The Morgan fingerprint density at radius 2 is 2.16 bits per heavy atom. The number of sulfonamides is 1. The third-order valence-electron chi connectivity index (χ3n) is 2.32. The number of benzene rings is 1. The van der Waals surface area contributed by atoms with E-state index in [0.717, 1.165) is 6.07 Å². The fraction of sp³-hybridized carbons (Fsp3) is 0.250. The monoisotopic (exact) mass is 347 g/mol. The van der Waals surface area contributed by atoms with Crippen molar-refractivity contribution in [3.8, 4) is 0 Å². The molecule has 0 spiro atoms. The van der Waals surface area contributed by atoms with Crippen LogP contribution in [-0.4, -0.2) is 26.0 Å². The maximum Gasteiger partial charge on any atom is 0.336 e. The predicted octanol–water partition coefficient (Wildman–Crippen LogP) is 2.39. The standard InChI is InChI=1S/C12H14BrNO4S/c1-2-3-4-7-14-19(17,18)9-5-6-11(13)10(8-9)12(15)16/h2-3,5-6,8,14H,4,7H2,1H3,(H,15,16)/b3-2+. The summed E-state index contributed by atoms with van der Waals surface area (Å²) in [6.45, 7) is 2.12. The van der Waals surface area contributed by atoms with Crippen LogP contribution in [0.1, 0.15) is 23.7 Å². The lowest BCUT2D eigenvalue weighted by Gasteiger charge is -2.07. The lowest BCUT2D eigenvalue weighted by Crippen LogP contribution is -2.24. The van der Waals surface area contributed by atoms with Crippen LogP contribution in [0, 0.1) is 0 Å². The molecule has 1 rings (SSSR count). The average Bonchev–Trinajstić information content (AvgIpc) is 2.34. The van der Waals surface area contributed by atoms with Gasteiger partial charge < -0.3 is 5.11 Å². The van der Waals surface area contributed by atoms with Crippen molar-refractivity contribution in [2.75, 3.05) is 6.54 Å². The summed E-state index contributed by atoms with van der Waals surface area (Å²) in [5, 5.41) is 8.95. The Morgan fingerprint density at radius 1 is 1.47 bits per heavy atom. The van der Waals surface area contributed by atoms with Crippen molar-refractivity contribution in [1.82, 2.24) is 4.72 Å². The smallest absolute Gasteiger partial charge is 0.336 e. The number of carboxylic acids is 1. The molecule has 104 valence electrons. The average molecular weight is 348 g/mol. The number of aromatic carboxylic acids is 1. The van der Waals surface area contributed by atoms with Crippen molar-refractivity contribution in [2.24, 2.45) is 0 Å². The molecule has 1 aromatic rings. The molecule has 0 heterocycles. The van der Waals surface area contributed by atoms with Crippen LogP contribution in [0.4, 0.5) is 0 Å². The van der Waals surface area contributed by atoms with Crippen LogP contribution >= 0.6 is 15.9 Å². The molecule has 0 unspecified atom stereocenters. The van der Waals surface area contributed by atoms with Crippen LogP contribution in [0.2, 0.25) is 0 Å². The van der Waals surface area contributed by atoms with Gasteiger partial charge in [0.1, 0.15) is 0 Å². The van der Waals surface area contributed by atoms with Gasteiger partial charge in [0.05, 0.1) is 10.5 Å². The van der Waals surface area contributed by atoms with Gasteiger partial charge in [0.15, 0.2) is 0 Å². The molecule has 0 saturated heterocycles. The van der Waals surface area contributed by atoms with E-state index >= 15 is 0 Å². The van der Waals surface area contributed by atoms with Gasteiger partial charge in [0, 0.05) is 11.0 Å². The van der Waals surface area contributed by atoms with E-state index in [-0.39, 0.29) is 17.0 Å². The van der Waals surface area contributed by atoms with Crippen molar-refractivity contribution >= 4 is 31.9 Å². The third kappa shape index (κ3) is 4.45. The summed E-state index contributed by atoms with van der Waals surface area (Å²) < 4.78 is 26.6. The van der Waals surface area contributed by atoms with Gasteiger partial charge in [-0.05, 0) is 47.5 Å². The fourth-order valence-electron chi connectivity index (χ4n) is 1.36. The number of hydrogen-bond donors (Lipinski definition) is 2. The van der Waals surface area contributed by atoms with Crippen molar-refractivity contribution in [1.29, 1.82) is 0 Å². The van der Waals surface area contributed by atoms with E-state index in [4.69, 9.17) is 5.11 Å². The van der Waals surface area contributed by atoms with Crippen LogP contribution in [0.15, 0.2) is 39.7 Å². The topological polar surface area (TPSA) is 83.5 Å². The highest BCUT2D eigenvalue weighted by molar-refractivity contribution is 9.10. The summed E-state index contributed by atoms with van der Waals surface area (Å²) >= 11 is 3.07. The molecule has 2 N–H and O–H groups in total. The Bertz CT molecular complexity index is 596. The summed E-state index contributed by atoms with van der Waals surface area (Å²) in [6.07, 6.45) is 4.25. The molecule has 0 fully saturated rings. The Labute approximate surface area is 120 Å². The lowest BCUT2D eigenvalue weighted by atomic mass is 10.2. The van der Waals surface area contributed by atoms with E-state index in [2.05, 4.69) is 20.7 Å². The van der Waals surface area contributed by atoms with Crippen molar-refractivity contribution in [2.45, 2.75) is 18.2 Å². The molecule has 0 radical (unpaired) electrons. The first-order valence-electron chi connectivity index (χ1n) is 5.52. The molecule has 1 aromatic carbocycles. The zero-order valence-corrected chi connectivity index (χ0v) is 12.7. The minimum atomic E-state index is -3.68. The van der Waals surface area contributed by atoms with Gasteiger partial charge in [0.25, 0.3) is 0 Å². The number of halogens is 1. The van der Waals surface area contributed by atoms with Crippen LogP contribution in [0.5, 0.6) is 0 Å². The second-order valence-electron chi connectivity index (χ2n) is 3.70. The maximum absolute atomic E-state index is 11.9. The summed E-state index contributed by atoms with van der Waals surface area (Å²) in [5.74, 6) is -1.18. The molecule has 0 bridgehead atoms. The van der Waals surface area contributed by atoms with Crippen LogP contribution in [0.25, 0.3) is 0 Å². The molecular formula is C12H14BrNO4S. The Morgan fingerprint density at radius 3 is 2.74 bits per heavy atom. The molecule has 19 heavy (non-hydrogen) atoms. The molecule has 0 aliphatic carbocycles. The van der Waals surface area contributed by atoms with E-state index in [9.17, 15) is 13.2 Å². The number of nitrogens with one attached hydrogen (secondary N) is 1. The van der Waals surface area contributed by atoms with Gasteiger partial charge in [0.2, 0.25) is 10.0 Å². The molecule has 0 amide bonds. The minimum Gasteiger partial charge on any atom is -0.478 e. The number of rotatable bonds is 6. The second-order valence-corrected chi connectivity index (χ2v) is 6.32. The molecule has 5 nitrogen and oxygen atoms in total. The summed E-state index contributed by atoms with van der Waals surface area (Å²) in [5.41, 5.74) is -0.0867. The molecule has 7 heteroatoms. The first-order chi connectivity index (χ1) is 8.88. The van der Waals surface area contributed by atoms with Gasteiger partial charge in [-0.2, -0.15) is 0 Å². The highest BCUT2D eigenvalue weighted by atomic mass is 79.9. The highest BCUT2D eigenvalue weighted by Crippen LogP contribution is 2.21. The lowest BCUT2D eigenvalue weighted by molar-refractivity contribution is 0.0695. The number of hydrogen-bond acceptors (Lipinski definition) is 3.